The minimum absolute atomic E-state index is 0.287. The molecule has 0 aliphatic carbocycles. The smallest absolute Gasteiger partial charge is 0.172 e. The highest BCUT2D eigenvalue weighted by molar-refractivity contribution is 5.74. The third-order valence-electron chi connectivity index (χ3n) is 3.78. The van der Waals surface area contributed by atoms with Crippen LogP contribution in [0.5, 0.6) is 0 Å². The first kappa shape index (κ1) is 15.1. The van der Waals surface area contributed by atoms with Gasteiger partial charge < -0.3 is 0 Å². The number of carbonyl (C=O) groups excluding carboxylic acids is 1. The molecule has 0 saturated heterocycles. The molecule has 0 fully saturated rings. The van der Waals surface area contributed by atoms with Crippen molar-refractivity contribution in [1.29, 1.82) is 0 Å². The molecule has 0 atom stereocenters. The van der Waals surface area contributed by atoms with Gasteiger partial charge in [0.25, 0.3) is 0 Å². The summed E-state index contributed by atoms with van der Waals surface area (Å²) in [7, 11) is 0. The van der Waals surface area contributed by atoms with E-state index in [-0.39, 0.29) is 5.82 Å². The monoisotopic (exact) mass is 309 g/mol. The van der Waals surface area contributed by atoms with Gasteiger partial charge in [0.05, 0.1) is 11.4 Å². The van der Waals surface area contributed by atoms with E-state index in [0.717, 1.165) is 22.4 Å². The Hall–Kier alpha value is -2.82. The quantitative estimate of drug-likeness (QED) is 0.694. The van der Waals surface area contributed by atoms with E-state index in [0.29, 0.717) is 24.1 Å². The zero-order valence-electron chi connectivity index (χ0n) is 13.0. The topological polar surface area (TPSA) is 47.8 Å². The van der Waals surface area contributed by atoms with Gasteiger partial charge in [-0.1, -0.05) is 29.5 Å². The van der Waals surface area contributed by atoms with Crippen LogP contribution in [-0.2, 0) is 6.42 Å². The Morgan fingerprint density at radius 1 is 1.13 bits per heavy atom. The Morgan fingerprint density at radius 3 is 2.57 bits per heavy atom. The average Bonchev–Trinajstić information content (AvgIpc) is 2.94. The second kappa shape index (κ2) is 6.12. The van der Waals surface area contributed by atoms with E-state index < -0.39 is 0 Å². The fourth-order valence-electron chi connectivity index (χ4n) is 2.51. The van der Waals surface area contributed by atoms with Crippen LogP contribution in [-0.4, -0.2) is 21.3 Å². The Morgan fingerprint density at radius 2 is 1.87 bits per heavy atom. The van der Waals surface area contributed by atoms with Crippen molar-refractivity contribution in [3.63, 3.8) is 0 Å². The van der Waals surface area contributed by atoms with Crippen LogP contribution in [0.2, 0.25) is 0 Å². The number of hydrogen-bond donors (Lipinski definition) is 0. The van der Waals surface area contributed by atoms with Gasteiger partial charge in [0.2, 0.25) is 0 Å². The van der Waals surface area contributed by atoms with E-state index >= 15 is 0 Å². The van der Waals surface area contributed by atoms with Crippen LogP contribution in [0, 0.1) is 19.7 Å². The van der Waals surface area contributed by atoms with E-state index in [4.69, 9.17) is 0 Å². The average molecular weight is 309 g/mol. The number of benzene rings is 2. The number of nitrogens with zero attached hydrogens (tertiary/aromatic N) is 3. The number of aromatic nitrogens is 3. The van der Waals surface area contributed by atoms with Gasteiger partial charge in [-0.05, 0) is 48.7 Å². The maximum atomic E-state index is 13.1. The molecule has 4 nitrogen and oxygen atoms in total. The van der Waals surface area contributed by atoms with E-state index in [1.165, 1.54) is 12.1 Å². The lowest BCUT2D eigenvalue weighted by molar-refractivity contribution is 0.111. The fraction of sp³-hybridized carbons (Fsp3) is 0.167. The summed E-state index contributed by atoms with van der Waals surface area (Å²) in [5, 5.41) is 8.10. The molecule has 0 aliphatic rings. The zero-order chi connectivity index (χ0) is 16.4. The summed E-state index contributed by atoms with van der Waals surface area (Å²) in [6.45, 7) is 3.98. The van der Waals surface area contributed by atoms with E-state index in [9.17, 15) is 9.18 Å². The standard InChI is InChI=1S/C18H16FN3O/c1-12-3-4-13(2)17(9-12)22-18(16(11-23)20-21-22)10-14-5-7-15(19)8-6-14/h3-9,11H,10H2,1-2H3. The molecular weight excluding hydrogens is 293 g/mol. The largest absolute Gasteiger partial charge is 0.296 e. The van der Waals surface area contributed by atoms with Gasteiger partial charge in [0, 0.05) is 6.42 Å². The highest BCUT2D eigenvalue weighted by atomic mass is 19.1. The SMILES string of the molecule is Cc1ccc(C)c(-n2nnc(C=O)c2Cc2ccc(F)cc2)c1. The van der Waals surface area contributed by atoms with Gasteiger partial charge in [-0.3, -0.25) is 4.79 Å². The molecule has 0 radical (unpaired) electrons. The van der Waals surface area contributed by atoms with Crippen LogP contribution in [0.15, 0.2) is 42.5 Å². The molecule has 3 aromatic rings. The Kier molecular flexibility index (Phi) is 4.02. The molecule has 0 spiro atoms. The Labute approximate surface area is 133 Å². The number of carbonyl (C=O) groups is 1. The number of halogens is 1. The van der Waals surface area contributed by atoms with Crippen molar-refractivity contribution >= 4 is 6.29 Å². The van der Waals surface area contributed by atoms with Crippen molar-refractivity contribution in [3.8, 4) is 5.69 Å². The van der Waals surface area contributed by atoms with E-state index in [1.54, 1.807) is 16.8 Å². The minimum Gasteiger partial charge on any atom is -0.296 e. The summed E-state index contributed by atoms with van der Waals surface area (Å²) < 4.78 is 14.8. The first-order chi connectivity index (χ1) is 11.1. The maximum Gasteiger partial charge on any atom is 0.172 e. The van der Waals surface area contributed by atoms with Crippen molar-refractivity contribution in [1.82, 2.24) is 15.0 Å². The summed E-state index contributed by atoms with van der Waals surface area (Å²) in [6.07, 6.45) is 1.15. The second-order valence-electron chi connectivity index (χ2n) is 5.54. The molecule has 1 heterocycles. The predicted molar refractivity (Wildman–Crippen MR) is 85.4 cm³/mol. The molecule has 116 valence electrons. The number of hydrogen-bond acceptors (Lipinski definition) is 3. The van der Waals surface area contributed by atoms with Crippen LogP contribution in [0.1, 0.15) is 32.9 Å². The lowest BCUT2D eigenvalue weighted by Crippen LogP contribution is -2.06. The molecule has 23 heavy (non-hydrogen) atoms. The van der Waals surface area contributed by atoms with Crippen molar-refractivity contribution < 1.29 is 9.18 Å². The molecule has 0 bridgehead atoms. The van der Waals surface area contributed by atoms with Gasteiger partial charge in [0.15, 0.2) is 6.29 Å². The van der Waals surface area contributed by atoms with Crippen LogP contribution in [0.3, 0.4) is 0 Å². The molecule has 1 aromatic heterocycles. The third-order valence-corrected chi connectivity index (χ3v) is 3.78. The first-order valence-corrected chi connectivity index (χ1v) is 7.30. The van der Waals surface area contributed by atoms with Crippen molar-refractivity contribution in [2.75, 3.05) is 0 Å². The molecule has 0 N–H and O–H groups in total. The number of rotatable bonds is 4. The summed E-state index contributed by atoms with van der Waals surface area (Å²) >= 11 is 0. The fourth-order valence-corrected chi connectivity index (χ4v) is 2.51. The molecule has 0 saturated carbocycles. The van der Waals surface area contributed by atoms with Crippen LogP contribution in [0.4, 0.5) is 4.39 Å². The number of aldehydes is 1. The van der Waals surface area contributed by atoms with Crippen LogP contribution >= 0.6 is 0 Å². The Balaban J connectivity index is 2.08. The lowest BCUT2D eigenvalue weighted by atomic mass is 10.1. The Bertz CT molecular complexity index is 853. The molecule has 0 amide bonds. The molecule has 3 rings (SSSR count). The minimum atomic E-state index is -0.287. The molecule has 2 aromatic carbocycles. The van der Waals surface area contributed by atoms with Crippen molar-refractivity contribution in [2.45, 2.75) is 20.3 Å². The number of aryl methyl sites for hydroxylation is 2. The van der Waals surface area contributed by atoms with Crippen LogP contribution < -0.4 is 0 Å². The lowest BCUT2D eigenvalue weighted by Gasteiger charge is -2.11. The van der Waals surface area contributed by atoms with Gasteiger partial charge in [-0.2, -0.15) is 0 Å². The molecule has 0 unspecified atom stereocenters. The van der Waals surface area contributed by atoms with E-state index in [1.807, 2.05) is 32.0 Å². The molecular formula is C18H16FN3O. The van der Waals surface area contributed by atoms with Gasteiger partial charge in [0.1, 0.15) is 11.5 Å². The molecule has 5 heteroatoms. The summed E-state index contributed by atoms with van der Waals surface area (Å²) in [5.41, 5.74) is 4.92. The van der Waals surface area contributed by atoms with Crippen molar-refractivity contribution in [2.24, 2.45) is 0 Å². The second-order valence-corrected chi connectivity index (χ2v) is 5.54. The van der Waals surface area contributed by atoms with Crippen LogP contribution in [0.25, 0.3) is 5.69 Å². The third kappa shape index (κ3) is 3.04. The van der Waals surface area contributed by atoms with Gasteiger partial charge in [-0.25, -0.2) is 9.07 Å². The maximum absolute atomic E-state index is 13.1. The predicted octanol–water partition coefficient (Wildman–Crippen LogP) is 3.43. The molecule has 0 aliphatic heterocycles. The summed E-state index contributed by atoms with van der Waals surface area (Å²) in [6, 6.07) is 12.2. The zero-order valence-corrected chi connectivity index (χ0v) is 13.0. The van der Waals surface area contributed by atoms with Gasteiger partial charge >= 0.3 is 0 Å². The van der Waals surface area contributed by atoms with Crippen molar-refractivity contribution in [3.05, 3.63) is 76.4 Å². The normalized spacial score (nSPS) is 10.7. The highest BCUT2D eigenvalue weighted by Crippen LogP contribution is 2.20. The van der Waals surface area contributed by atoms with E-state index in [2.05, 4.69) is 10.3 Å². The first-order valence-electron chi connectivity index (χ1n) is 7.30. The highest BCUT2D eigenvalue weighted by Gasteiger charge is 2.16. The summed E-state index contributed by atoms with van der Waals surface area (Å²) in [5.74, 6) is -0.287. The van der Waals surface area contributed by atoms with Gasteiger partial charge in [-0.15, -0.1) is 5.10 Å². The summed E-state index contributed by atoms with van der Waals surface area (Å²) in [4.78, 5) is 11.3.